The Hall–Kier alpha value is -2.77. The van der Waals surface area contributed by atoms with Crippen molar-refractivity contribution in [3.05, 3.63) is 11.1 Å². The number of allylic oxidation sites excluding steroid dienone is 2. The van der Waals surface area contributed by atoms with Gasteiger partial charge in [-0.25, -0.2) is 0 Å². The van der Waals surface area contributed by atoms with Crippen LogP contribution in [0, 0.1) is 45.3 Å². The van der Waals surface area contributed by atoms with Gasteiger partial charge in [0.05, 0.1) is 23.4 Å². The minimum Gasteiger partial charge on any atom is -0.466 e. The summed E-state index contributed by atoms with van der Waals surface area (Å²) in [5.41, 5.74) is -4.40. The normalized spacial score (nSPS) is 36.5. The number of ketones is 6. The van der Waals surface area contributed by atoms with Gasteiger partial charge >= 0.3 is 5.97 Å². The second kappa shape index (κ2) is 9.66. The lowest BCUT2D eigenvalue weighted by molar-refractivity contribution is -0.156. The second-order valence-corrected chi connectivity index (χ2v) is 13.8. The number of ether oxygens (including phenoxy) is 1. The van der Waals surface area contributed by atoms with E-state index < -0.39 is 62.9 Å². The third-order valence-corrected chi connectivity index (χ3v) is 11.3. The Bertz CT molecular complexity index is 1270. The largest absolute Gasteiger partial charge is 0.466 e. The molecule has 0 amide bonds. The monoisotopic (exact) mass is 554 g/mol. The standard InChI is InChI=1S/C32H42O8/c1-9-40-28(39)17(3)13-18(33)12-16(2)19-14-23(36)32(8)24-20(34)15-21-29(4,5)22(35)10-11-30(21,6)25(24)26(37)27(38)31(19,32)7/h16-17,19,21H,9-15H2,1-8H3/t16-,17-,19-,21+,30+,31+,32+/m1/s1. The molecule has 218 valence electrons. The summed E-state index contributed by atoms with van der Waals surface area (Å²) in [7, 11) is 0. The summed E-state index contributed by atoms with van der Waals surface area (Å²) in [5.74, 6) is -4.76. The van der Waals surface area contributed by atoms with Crippen molar-refractivity contribution in [1.82, 2.24) is 0 Å². The van der Waals surface area contributed by atoms with Crippen molar-refractivity contribution in [2.75, 3.05) is 6.61 Å². The third-order valence-electron chi connectivity index (χ3n) is 11.3. The molecule has 0 radical (unpaired) electrons. The number of carbonyl (C=O) groups excluding carboxylic acids is 7. The summed E-state index contributed by atoms with van der Waals surface area (Å²) in [6.45, 7) is 14.0. The molecule has 2 saturated carbocycles. The first-order valence-electron chi connectivity index (χ1n) is 14.5. The highest BCUT2D eigenvalue weighted by Gasteiger charge is 2.74. The van der Waals surface area contributed by atoms with Crippen molar-refractivity contribution in [1.29, 1.82) is 0 Å². The lowest BCUT2D eigenvalue weighted by atomic mass is 9.42. The highest BCUT2D eigenvalue weighted by Crippen LogP contribution is 2.68. The average molecular weight is 555 g/mol. The molecule has 0 aromatic rings. The number of rotatable bonds is 7. The maximum absolute atomic E-state index is 14.2. The van der Waals surface area contributed by atoms with Crippen LogP contribution in [0.3, 0.4) is 0 Å². The quantitative estimate of drug-likeness (QED) is 0.338. The summed E-state index contributed by atoms with van der Waals surface area (Å²) in [6.07, 6.45) is 0.609. The molecule has 0 spiro atoms. The zero-order valence-electron chi connectivity index (χ0n) is 25.0. The van der Waals surface area contributed by atoms with Gasteiger partial charge in [-0.1, -0.05) is 41.5 Å². The van der Waals surface area contributed by atoms with E-state index in [0.717, 1.165) is 0 Å². The third kappa shape index (κ3) is 3.87. The number of esters is 1. The van der Waals surface area contributed by atoms with Crippen LogP contribution in [0.4, 0.5) is 0 Å². The van der Waals surface area contributed by atoms with E-state index in [1.807, 2.05) is 6.92 Å². The van der Waals surface area contributed by atoms with Gasteiger partial charge in [0.15, 0.2) is 5.78 Å². The molecule has 4 rings (SSSR count). The fourth-order valence-electron chi connectivity index (χ4n) is 8.73. The maximum atomic E-state index is 14.2. The van der Waals surface area contributed by atoms with Gasteiger partial charge in [0.1, 0.15) is 17.3 Å². The molecule has 4 aliphatic carbocycles. The fourth-order valence-corrected chi connectivity index (χ4v) is 8.73. The van der Waals surface area contributed by atoms with Crippen LogP contribution < -0.4 is 0 Å². The van der Waals surface area contributed by atoms with Crippen LogP contribution in [0.15, 0.2) is 11.1 Å². The Morgan fingerprint density at radius 3 is 2.12 bits per heavy atom. The molecular formula is C32H42O8. The molecule has 8 heteroatoms. The lowest BCUT2D eigenvalue weighted by Gasteiger charge is -2.57. The smallest absolute Gasteiger partial charge is 0.309 e. The molecule has 0 aromatic heterocycles. The molecule has 0 unspecified atom stereocenters. The molecule has 40 heavy (non-hydrogen) atoms. The first kappa shape index (κ1) is 30.2. The Morgan fingerprint density at radius 1 is 0.900 bits per heavy atom. The van der Waals surface area contributed by atoms with E-state index in [2.05, 4.69) is 0 Å². The molecule has 8 nitrogen and oxygen atoms in total. The molecule has 0 saturated heterocycles. The van der Waals surface area contributed by atoms with Gasteiger partial charge in [0.2, 0.25) is 11.6 Å². The molecule has 7 atom stereocenters. The summed E-state index contributed by atoms with van der Waals surface area (Å²) in [4.78, 5) is 93.8. The zero-order valence-corrected chi connectivity index (χ0v) is 25.0. The Morgan fingerprint density at radius 2 is 1.52 bits per heavy atom. The van der Waals surface area contributed by atoms with E-state index >= 15 is 0 Å². The van der Waals surface area contributed by atoms with Gasteiger partial charge in [0.25, 0.3) is 0 Å². The van der Waals surface area contributed by atoms with Crippen molar-refractivity contribution >= 4 is 40.7 Å². The van der Waals surface area contributed by atoms with Gasteiger partial charge in [-0.05, 0) is 38.0 Å². The van der Waals surface area contributed by atoms with E-state index in [0.29, 0.717) is 6.42 Å². The summed E-state index contributed by atoms with van der Waals surface area (Å²) in [6, 6.07) is 0. The van der Waals surface area contributed by atoms with Gasteiger partial charge < -0.3 is 4.74 Å². The van der Waals surface area contributed by atoms with Crippen LogP contribution in [0.1, 0.15) is 93.9 Å². The van der Waals surface area contributed by atoms with Crippen LogP contribution in [-0.4, -0.2) is 47.3 Å². The summed E-state index contributed by atoms with van der Waals surface area (Å²) in [5, 5.41) is 0. The molecule has 4 aliphatic rings. The Balaban J connectivity index is 1.74. The van der Waals surface area contributed by atoms with E-state index in [1.54, 1.807) is 48.5 Å². The van der Waals surface area contributed by atoms with E-state index in [1.165, 1.54) is 0 Å². The van der Waals surface area contributed by atoms with Crippen LogP contribution in [0.2, 0.25) is 0 Å². The molecular weight excluding hydrogens is 512 g/mol. The number of carbonyl (C=O) groups is 7. The molecule has 0 bridgehead atoms. The number of hydrogen-bond donors (Lipinski definition) is 0. The highest BCUT2D eigenvalue weighted by molar-refractivity contribution is 6.49. The minimum atomic E-state index is -1.50. The SMILES string of the molecule is CCOC(=O)[C@H](C)CC(=O)C[C@@H](C)[C@H]1CC(=O)[C@@]2(C)C3=C(C(=O)C(=O)[C@]12C)[C@@]1(C)CCC(=O)C(C)(C)[C@@H]1CC3=O. The van der Waals surface area contributed by atoms with Crippen LogP contribution in [-0.2, 0) is 38.3 Å². The topological polar surface area (TPSA) is 129 Å². The maximum Gasteiger partial charge on any atom is 0.309 e. The van der Waals surface area contributed by atoms with Crippen molar-refractivity contribution in [2.45, 2.75) is 93.9 Å². The van der Waals surface area contributed by atoms with Gasteiger partial charge in [-0.2, -0.15) is 0 Å². The first-order valence-corrected chi connectivity index (χ1v) is 14.5. The predicted molar refractivity (Wildman–Crippen MR) is 145 cm³/mol. The van der Waals surface area contributed by atoms with Crippen molar-refractivity contribution in [3.8, 4) is 0 Å². The van der Waals surface area contributed by atoms with E-state index in [4.69, 9.17) is 4.74 Å². The number of Topliss-reactive ketones (excluding diaryl/α,β-unsaturated/α-hetero) is 6. The zero-order chi connectivity index (χ0) is 30.2. The molecule has 0 aliphatic heterocycles. The second-order valence-electron chi connectivity index (χ2n) is 13.8. The van der Waals surface area contributed by atoms with Crippen LogP contribution in [0.5, 0.6) is 0 Å². The Kier molecular flexibility index (Phi) is 7.29. The van der Waals surface area contributed by atoms with Crippen LogP contribution in [0.25, 0.3) is 0 Å². The van der Waals surface area contributed by atoms with Crippen molar-refractivity contribution < 1.29 is 38.3 Å². The summed E-state index contributed by atoms with van der Waals surface area (Å²) >= 11 is 0. The van der Waals surface area contributed by atoms with E-state index in [-0.39, 0.29) is 73.0 Å². The Labute approximate surface area is 236 Å². The predicted octanol–water partition coefficient (Wildman–Crippen LogP) is 4.21. The number of hydrogen-bond acceptors (Lipinski definition) is 8. The van der Waals surface area contributed by atoms with E-state index in [9.17, 15) is 33.6 Å². The molecule has 2 fully saturated rings. The minimum absolute atomic E-state index is 0.0211. The lowest BCUT2D eigenvalue weighted by Crippen LogP contribution is -2.62. The molecule has 0 N–H and O–H groups in total. The number of fused-ring (bicyclic) bond motifs is 4. The van der Waals surface area contributed by atoms with Crippen molar-refractivity contribution in [3.63, 3.8) is 0 Å². The molecule has 0 aromatic carbocycles. The fraction of sp³-hybridized carbons (Fsp3) is 0.719. The van der Waals surface area contributed by atoms with Gasteiger partial charge in [-0.3, -0.25) is 33.6 Å². The van der Waals surface area contributed by atoms with Gasteiger partial charge in [-0.15, -0.1) is 0 Å². The van der Waals surface area contributed by atoms with Crippen molar-refractivity contribution in [2.24, 2.45) is 45.3 Å². The first-order chi connectivity index (χ1) is 18.4. The van der Waals surface area contributed by atoms with Crippen LogP contribution >= 0.6 is 0 Å². The van der Waals surface area contributed by atoms with Gasteiger partial charge in [0, 0.05) is 54.1 Å². The molecule has 0 heterocycles. The summed E-state index contributed by atoms with van der Waals surface area (Å²) < 4.78 is 5.00. The highest BCUT2D eigenvalue weighted by atomic mass is 16.5. The average Bonchev–Trinajstić information content (AvgIpc) is 3.08.